The Balaban J connectivity index is 1.40. The highest BCUT2D eigenvalue weighted by Gasteiger charge is 2.24. The minimum absolute atomic E-state index is 0.0369. The first-order valence-corrected chi connectivity index (χ1v) is 13.0. The predicted octanol–water partition coefficient (Wildman–Crippen LogP) is 2.91. The fraction of sp³-hybridized carbons (Fsp3) is 0.542. The lowest BCUT2D eigenvalue weighted by atomic mass is 10.1. The van der Waals surface area contributed by atoms with E-state index in [9.17, 15) is 23.5 Å². The van der Waals surface area contributed by atoms with E-state index in [1.54, 1.807) is 6.92 Å². The molecule has 0 atom stereocenters. The van der Waals surface area contributed by atoms with Gasteiger partial charge in [-0.05, 0) is 55.5 Å². The molecule has 204 valence electrons. The highest BCUT2D eigenvalue weighted by Crippen LogP contribution is 2.31. The van der Waals surface area contributed by atoms with Crippen LogP contribution in [-0.2, 0) is 6.61 Å². The number of aliphatic hydroxyl groups is 1. The Kier molecular flexibility index (Phi) is 11.0. The monoisotopic (exact) mass is 541 g/mol. The molecule has 0 aliphatic carbocycles. The van der Waals surface area contributed by atoms with E-state index in [4.69, 9.17) is 9.84 Å². The Morgan fingerprint density at radius 3 is 2.35 bits per heavy atom. The number of amides is 2. The van der Waals surface area contributed by atoms with E-state index in [1.807, 2.05) is 0 Å². The van der Waals surface area contributed by atoms with Gasteiger partial charge in [-0.15, -0.1) is 0 Å². The molecule has 0 bridgehead atoms. The fourth-order valence-corrected chi connectivity index (χ4v) is 4.74. The summed E-state index contributed by atoms with van der Waals surface area (Å²) in [6, 6.07) is 1.73. The molecule has 2 amide bonds. The zero-order valence-electron chi connectivity index (χ0n) is 20.8. The van der Waals surface area contributed by atoms with E-state index in [-0.39, 0.29) is 28.6 Å². The lowest BCUT2D eigenvalue weighted by Crippen LogP contribution is -2.47. The summed E-state index contributed by atoms with van der Waals surface area (Å²) >= 11 is 0.707. The van der Waals surface area contributed by atoms with Crippen LogP contribution in [0, 0.1) is 18.6 Å². The molecule has 1 fully saturated rings. The van der Waals surface area contributed by atoms with Crippen molar-refractivity contribution in [2.24, 2.45) is 0 Å². The van der Waals surface area contributed by atoms with Gasteiger partial charge in [0.2, 0.25) is 5.88 Å². The molecule has 1 aliphatic heterocycles. The third kappa shape index (κ3) is 8.59. The van der Waals surface area contributed by atoms with Gasteiger partial charge in [-0.25, -0.2) is 18.4 Å². The molecule has 1 saturated heterocycles. The summed E-state index contributed by atoms with van der Waals surface area (Å²) in [5.41, 5.74) is -0.317. The standard InChI is InChI=1S/C24H33F2N5O5S/c1-16-13-18(25)17(19(26)14-16)15-36-21-20(23(33)34)22(37-29-21)28-24(35)27-5-3-2-4-6-30-7-9-31(10-8-30)11-12-32/h13-14,32H,2-12,15H2,1H3,(H,33,34)(H2,27,28,35). The van der Waals surface area contributed by atoms with Gasteiger partial charge in [-0.1, -0.05) is 6.42 Å². The fourth-order valence-electron chi connectivity index (χ4n) is 4.02. The first kappa shape index (κ1) is 28.7. The second-order valence-electron chi connectivity index (χ2n) is 8.84. The number of rotatable bonds is 13. The van der Waals surface area contributed by atoms with Gasteiger partial charge in [0, 0.05) is 39.3 Å². The first-order chi connectivity index (χ1) is 17.8. The average Bonchev–Trinajstić information content (AvgIpc) is 3.24. The van der Waals surface area contributed by atoms with E-state index in [0.29, 0.717) is 23.6 Å². The number of urea groups is 1. The van der Waals surface area contributed by atoms with Crippen LogP contribution in [0.4, 0.5) is 18.6 Å². The van der Waals surface area contributed by atoms with Crippen molar-refractivity contribution < 1.29 is 33.3 Å². The van der Waals surface area contributed by atoms with E-state index in [2.05, 4.69) is 24.8 Å². The summed E-state index contributed by atoms with van der Waals surface area (Å²) in [6.07, 6.45) is 2.71. The Morgan fingerprint density at radius 1 is 1.08 bits per heavy atom. The number of carbonyl (C=O) groups is 2. The lowest BCUT2D eigenvalue weighted by Gasteiger charge is -2.34. The average molecular weight is 542 g/mol. The van der Waals surface area contributed by atoms with Crippen LogP contribution in [0.3, 0.4) is 0 Å². The number of aliphatic hydroxyl groups excluding tert-OH is 1. The number of hydrogen-bond acceptors (Lipinski definition) is 8. The molecule has 4 N–H and O–H groups in total. The zero-order valence-corrected chi connectivity index (χ0v) is 21.6. The van der Waals surface area contributed by atoms with Crippen LogP contribution in [0.25, 0.3) is 0 Å². The quantitative estimate of drug-likeness (QED) is 0.285. The van der Waals surface area contributed by atoms with Crippen LogP contribution in [-0.4, -0.2) is 88.8 Å². The van der Waals surface area contributed by atoms with Gasteiger partial charge < -0.3 is 25.2 Å². The first-order valence-electron chi connectivity index (χ1n) is 12.2. The maximum atomic E-state index is 14.0. The van der Waals surface area contributed by atoms with Crippen LogP contribution in [0.15, 0.2) is 12.1 Å². The summed E-state index contributed by atoms with van der Waals surface area (Å²) in [5, 5.41) is 23.7. The van der Waals surface area contributed by atoms with Crippen LogP contribution >= 0.6 is 11.5 Å². The molecule has 1 aromatic carbocycles. The number of anilines is 1. The molecular weight excluding hydrogens is 508 g/mol. The van der Waals surface area contributed by atoms with Crippen molar-refractivity contribution in [1.82, 2.24) is 19.5 Å². The number of hydrogen-bond donors (Lipinski definition) is 4. The van der Waals surface area contributed by atoms with Gasteiger partial charge in [0.1, 0.15) is 23.2 Å². The third-order valence-corrected chi connectivity index (χ3v) is 6.80. The van der Waals surface area contributed by atoms with Crippen molar-refractivity contribution in [2.75, 3.05) is 57.7 Å². The van der Waals surface area contributed by atoms with Gasteiger partial charge in [-0.3, -0.25) is 10.2 Å². The molecule has 1 aliphatic rings. The topological polar surface area (TPSA) is 127 Å². The second kappa shape index (κ2) is 14.2. The van der Waals surface area contributed by atoms with Crippen LogP contribution in [0.2, 0.25) is 0 Å². The molecule has 37 heavy (non-hydrogen) atoms. The minimum Gasteiger partial charge on any atom is -0.477 e. The number of benzene rings is 1. The van der Waals surface area contributed by atoms with Crippen LogP contribution in [0.5, 0.6) is 5.88 Å². The van der Waals surface area contributed by atoms with E-state index in [1.165, 1.54) is 0 Å². The summed E-state index contributed by atoms with van der Waals surface area (Å²) in [7, 11) is 0. The SMILES string of the molecule is Cc1cc(F)c(COc2nsc(NC(=O)NCCCCCN3CCN(CCO)CC3)c2C(=O)O)c(F)c1. The Hall–Kier alpha value is -2.87. The highest BCUT2D eigenvalue weighted by molar-refractivity contribution is 7.11. The van der Waals surface area contributed by atoms with Crippen molar-refractivity contribution in [1.29, 1.82) is 0 Å². The molecule has 13 heteroatoms. The molecule has 0 radical (unpaired) electrons. The molecule has 0 unspecified atom stereocenters. The number of nitrogens with one attached hydrogen (secondary N) is 2. The van der Waals surface area contributed by atoms with Gasteiger partial charge in [0.25, 0.3) is 0 Å². The van der Waals surface area contributed by atoms with Crippen molar-refractivity contribution in [3.05, 3.63) is 40.5 Å². The van der Waals surface area contributed by atoms with Crippen molar-refractivity contribution in [3.8, 4) is 5.88 Å². The number of carbonyl (C=O) groups excluding carboxylic acids is 1. The van der Waals surface area contributed by atoms with Crippen molar-refractivity contribution in [2.45, 2.75) is 32.8 Å². The highest BCUT2D eigenvalue weighted by atomic mass is 32.1. The second-order valence-corrected chi connectivity index (χ2v) is 9.61. The maximum Gasteiger partial charge on any atom is 0.344 e. The smallest absolute Gasteiger partial charge is 0.344 e. The third-order valence-electron chi connectivity index (χ3n) is 6.06. The lowest BCUT2D eigenvalue weighted by molar-refractivity contribution is 0.0693. The number of piperazine rings is 1. The molecule has 3 rings (SSSR count). The molecule has 1 aromatic heterocycles. The Morgan fingerprint density at radius 2 is 1.73 bits per heavy atom. The van der Waals surface area contributed by atoms with Crippen LogP contribution < -0.4 is 15.4 Å². The Bertz CT molecular complexity index is 1040. The van der Waals surface area contributed by atoms with E-state index < -0.39 is 30.2 Å². The number of β-amino-alcohol motifs (C(OH)–C–C–N with tert-alkyl or cyclic N) is 1. The van der Waals surface area contributed by atoms with E-state index >= 15 is 0 Å². The summed E-state index contributed by atoms with van der Waals surface area (Å²) < 4.78 is 37.3. The number of halogens is 2. The number of nitrogens with zero attached hydrogens (tertiary/aromatic N) is 3. The summed E-state index contributed by atoms with van der Waals surface area (Å²) in [4.78, 5) is 28.6. The molecule has 0 saturated carbocycles. The zero-order chi connectivity index (χ0) is 26.8. The number of carboxylic acid groups (broad SMARTS) is 1. The molecule has 2 aromatic rings. The summed E-state index contributed by atoms with van der Waals surface area (Å²) in [5.74, 6) is -3.32. The summed E-state index contributed by atoms with van der Waals surface area (Å²) in [6.45, 7) is 7.22. The largest absolute Gasteiger partial charge is 0.477 e. The number of unbranched alkanes of at least 4 members (excludes halogenated alkanes) is 2. The number of aromatic nitrogens is 1. The van der Waals surface area contributed by atoms with Gasteiger partial charge in [-0.2, -0.15) is 4.37 Å². The number of aryl methyl sites for hydroxylation is 1. The number of ether oxygens (including phenoxy) is 1. The number of aromatic carboxylic acids is 1. The van der Waals surface area contributed by atoms with Gasteiger partial charge in [0.15, 0.2) is 5.56 Å². The van der Waals surface area contributed by atoms with Crippen LogP contribution in [0.1, 0.15) is 40.7 Å². The predicted molar refractivity (Wildman–Crippen MR) is 135 cm³/mol. The van der Waals surface area contributed by atoms with E-state index in [0.717, 1.165) is 70.7 Å². The van der Waals surface area contributed by atoms with Gasteiger partial charge >= 0.3 is 12.0 Å². The molecular formula is C24H33F2N5O5S. The Labute approximate surface area is 218 Å². The molecule has 2 heterocycles. The van der Waals surface area contributed by atoms with Crippen molar-refractivity contribution >= 4 is 28.5 Å². The van der Waals surface area contributed by atoms with Gasteiger partial charge in [0.05, 0.1) is 12.2 Å². The normalized spacial score (nSPS) is 14.5. The molecule has 0 spiro atoms. The maximum absolute atomic E-state index is 14.0. The van der Waals surface area contributed by atoms with Crippen molar-refractivity contribution in [3.63, 3.8) is 0 Å². The minimum atomic E-state index is -1.39. The molecule has 10 nitrogen and oxygen atoms in total. The number of carboxylic acids is 1.